The van der Waals surface area contributed by atoms with Gasteiger partial charge >= 0.3 is 11.9 Å². The Balaban J connectivity index is 5.42. The van der Waals surface area contributed by atoms with E-state index in [0.29, 0.717) is 0 Å². The van der Waals surface area contributed by atoms with E-state index >= 15 is 0 Å². The van der Waals surface area contributed by atoms with E-state index in [-0.39, 0.29) is 11.8 Å². The van der Waals surface area contributed by atoms with Crippen molar-refractivity contribution in [1.82, 2.24) is 0 Å². The molecule has 0 aliphatic carbocycles. The van der Waals surface area contributed by atoms with Gasteiger partial charge in [0.1, 0.15) is 0 Å². The molecule has 0 bridgehead atoms. The third kappa shape index (κ3) is 2.99. The van der Waals surface area contributed by atoms with Gasteiger partial charge in [0, 0.05) is 0 Å². The Labute approximate surface area is 104 Å². The minimum atomic E-state index is -1.21. The minimum Gasteiger partial charge on any atom is -0.468 e. The molecule has 0 fully saturated rings. The molecule has 4 nitrogen and oxygen atoms in total. The Hall–Kier alpha value is -1.06. The number of hydrogen-bond donors (Lipinski definition) is 0. The third-order valence-corrected chi connectivity index (χ3v) is 3.73. The summed E-state index contributed by atoms with van der Waals surface area (Å²) < 4.78 is 9.55. The fraction of sp³-hybridized carbons (Fsp3) is 0.846. The van der Waals surface area contributed by atoms with E-state index in [4.69, 9.17) is 9.47 Å². The van der Waals surface area contributed by atoms with E-state index < -0.39 is 17.4 Å². The maximum absolute atomic E-state index is 11.9. The van der Waals surface area contributed by atoms with Crippen LogP contribution < -0.4 is 0 Å². The van der Waals surface area contributed by atoms with Crippen LogP contribution in [0.15, 0.2) is 0 Å². The molecule has 17 heavy (non-hydrogen) atoms. The monoisotopic (exact) mass is 244 g/mol. The van der Waals surface area contributed by atoms with E-state index in [1.54, 1.807) is 6.92 Å². The molecular weight excluding hydrogens is 220 g/mol. The molecule has 0 radical (unpaired) electrons. The Morgan fingerprint density at radius 1 is 1.06 bits per heavy atom. The highest BCUT2D eigenvalue weighted by Crippen LogP contribution is 2.39. The highest BCUT2D eigenvalue weighted by molar-refractivity contribution is 5.99. The van der Waals surface area contributed by atoms with E-state index in [1.165, 1.54) is 14.2 Å². The van der Waals surface area contributed by atoms with E-state index in [1.807, 2.05) is 20.8 Å². The first-order chi connectivity index (χ1) is 7.89. The van der Waals surface area contributed by atoms with Gasteiger partial charge in [-0.1, -0.05) is 33.6 Å². The summed E-state index contributed by atoms with van der Waals surface area (Å²) in [4.78, 5) is 23.9. The summed E-state index contributed by atoms with van der Waals surface area (Å²) in [5, 5.41) is 0. The maximum atomic E-state index is 11.9. The zero-order valence-corrected chi connectivity index (χ0v) is 11.7. The lowest BCUT2D eigenvalue weighted by atomic mass is 9.69. The van der Waals surface area contributed by atoms with Gasteiger partial charge in [-0.05, 0) is 18.8 Å². The fourth-order valence-corrected chi connectivity index (χ4v) is 2.47. The Morgan fingerprint density at radius 3 is 1.71 bits per heavy atom. The zero-order chi connectivity index (χ0) is 13.6. The highest BCUT2D eigenvalue weighted by atomic mass is 16.5. The molecule has 0 spiro atoms. The summed E-state index contributed by atoms with van der Waals surface area (Å²) in [5.41, 5.74) is -1.21. The van der Waals surface area contributed by atoms with Gasteiger partial charge in [-0.15, -0.1) is 0 Å². The molecule has 0 amide bonds. The second-order valence-corrected chi connectivity index (χ2v) is 4.59. The number of methoxy groups -OCH3 is 2. The lowest BCUT2D eigenvalue weighted by Crippen LogP contribution is -2.46. The van der Waals surface area contributed by atoms with Crippen LogP contribution >= 0.6 is 0 Å². The lowest BCUT2D eigenvalue weighted by molar-refractivity contribution is -0.174. The largest absolute Gasteiger partial charge is 0.468 e. The zero-order valence-electron chi connectivity index (χ0n) is 11.7. The van der Waals surface area contributed by atoms with Crippen molar-refractivity contribution in [3.63, 3.8) is 0 Å². The summed E-state index contributed by atoms with van der Waals surface area (Å²) >= 11 is 0. The maximum Gasteiger partial charge on any atom is 0.323 e. The third-order valence-electron chi connectivity index (χ3n) is 3.73. The van der Waals surface area contributed by atoms with Crippen molar-refractivity contribution in [2.75, 3.05) is 14.2 Å². The highest BCUT2D eigenvalue weighted by Gasteiger charge is 2.50. The first kappa shape index (κ1) is 15.9. The summed E-state index contributed by atoms with van der Waals surface area (Å²) in [6.45, 7) is 7.67. The SMILES string of the molecule is CCC(C)C(CC)C(C)(C(=O)OC)C(=O)OC. The predicted molar refractivity (Wildman–Crippen MR) is 65.4 cm³/mol. The smallest absolute Gasteiger partial charge is 0.323 e. The van der Waals surface area contributed by atoms with Gasteiger partial charge in [0.2, 0.25) is 0 Å². The average molecular weight is 244 g/mol. The van der Waals surface area contributed by atoms with Crippen molar-refractivity contribution >= 4 is 11.9 Å². The van der Waals surface area contributed by atoms with Crippen LogP contribution in [0.2, 0.25) is 0 Å². The van der Waals surface area contributed by atoms with Crippen LogP contribution in [-0.2, 0) is 19.1 Å². The number of esters is 2. The number of ether oxygens (including phenoxy) is 2. The van der Waals surface area contributed by atoms with Crippen LogP contribution in [0.1, 0.15) is 40.5 Å². The summed E-state index contributed by atoms with van der Waals surface area (Å²) in [5.74, 6) is -0.858. The molecule has 0 aromatic rings. The molecule has 0 N–H and O–H groups in total. The average Bonchev–Trinajstić information content (AvgIpc) is 2.36. The molecule has 4 heteroatoms. The van der Waals surface area contributed by atoms with Crippen molar-refractivity contribution in [1.29, 1.82) is 0 Å². The second kappa shape index (κ2) is 6.62. The molecule has 0 aliphatic rings. The molecule has 0 aliphatic heterocycles. The standard InChI is InChI=1S/C13H24O4/c1-7-9(3)10(8-2)13(4,11(14)16-5)12(15)17-6/h9-10H,7-8H2,1-6H3. The quantitative estimate of drug-likeness (QED) is 0.532. The van der Waals surface area contributed by atoms with E-state index in [9.17, 15) is 9.59 Å². The first-order valence-electron chi connectivity index (χ1n) is 6.06. The van der Waals surface area contributed by atoms with Gasteiger partial charge < -0.3 is 9.47 Å². The number of hydrogen-bond acceptors (Lipinski definition) is 4. The van der Waals surface area contributed by atoms with Crippen molar-refractivity contribution in [3.8, 4) is 0 Å². The minimum absolute atomic E-state index is 0.0765. The van der Waals surface area contributed by atoms with Crippen LogP contribution in [0.5, 0.6) is 0 Å². The number of carbonyl (C=O) groups is 2. The molecule has 0 saturated carbocycles. The predicted octanol–water partition coefficient (Wildman–Crippen LogP) is 2.41. The van der Waals surface area contributed by atoms with Crippen molar-refractivity contribution in [2.45, 2.75) is 40.5 Å². The van der Waals surface area contributed by atoms with Crippen LogP contribution in [0.4, 0.5) is 0 Å². The molecule has 2 atom stereocenters. The number of carbonyl (C=O) groups excluding carboxylic acids is 2. The van der Waals surface area contributed by atoms with Crippen molar-refractivity contribution in [2.24, 2.45) is 17.3 Å². The van der Waals surface area contributed by atoms with Crippen molar-refractivity contribution in [3.05, 3.63) is 0 Å². The molecular formula is C13H24O4. The molecule has 0 rings (SSSR count). The Morgan fingerprint density at radius 2 is 1.47 bits per heavy atom. The fourth-order valence-electron chi connectivity index (χ4n) is 2.47. The number of rotatable bonds is 6. The molecule has 0 saturated heterocycles. The lowest BCUT2D eigenvalue weighted by Gasteiger charge is -2.35. The summed E-state index contributed by atoms with van der Waals surface area (Å²) in [6, 6.07) is 0. The van der Waals surface area contributed by atoms with Gasteiger partial charge in [-0.3, -0.25) is 9.59 Å². The van der Waals surface area contributed by atoms with E-state index in [0.717, 1.165) is 12.8 Å². The van der Waals surface area contributed by atoms with Crippen LogP contribution in [0, 0.1) is 17.3 Å². The molecule has 0 aromatic carbocycles. The van der Waals surface area contributed by atoms with Gasteiger partial charge in [0.05, 0.1) is 14.2 Å². The van der Waals surface area contributed by atoms with Gasteiger partial charge in [-0.25, -0.2) is 0 Å². The van der Waals surface area contributed by atoms with Crippen LogP contribution in [-0.4, -0.2) is 26.2 Å². The van der Waals surface area contributed by atoms with Crippen LogP contribution in [0.25, 0.3) is 0 Å². The van der Waals surface area contributed by atoms with Crippen molar-refractivity contribution < 1.29 is 19.1 Å². The molecule has 100 valence electrons. The molecule has 0 heterocycles. The van der Waals surface area contributed by atoms with E-state index in [2.05, 4.69) is 0 Å². The Kier molecular flexibility index (Phi) is 6.21. The molecule has 0 aromatic heterocycles. The van der Waals surface area contributed by atoms with Gasteiger partial charge in [0.15, 0.2) is 5.41 Å². The van der Waals surface area contributed by atoms with Crippen LogP contribution in [0.3, 0.4) is 0 Å². The molecule has 2 unspecified atom stereocenters. The van der Waals surface area contributed by atoms with Gasteiger partial charge in [-0.2, -0.15) is 0 Å². The second-order valence-electron chi connectivity index (χ2n) is 4.59. The topological polar surface area (TPSA) is 52.6 Å². The first-order valence-corrected chi connectivity index (χ1v) is 6.06. The normalized spacial score (nSPS) is 14.9. The summed E-state index contributed by atoms with van der Waals surface area (Å²) in [6.07, 6.45) is 1.64. The Bertz CT molecular complexity index is 257. The van der Waals surface area contributed by atoms with Gasteiger partial charge in [0.25, 0.3) is 0 Å². The summed E-state index contributed by atoms with van der Waals surface area (Å²) in [7, 11) is 2.60.